The van der Waals surface area contributed by atoms with E-state index < -0.39 is 0 Å². The number of anilines is 1. The highest BCUT2D eigenvalue weighted by molar-refractivity contribution is 5.92. The maximum Gasteiger partial charge on any atom is 0.193 e. The molecule has 0 aliphatic carbocycles. The average Bonchev–Trinajstić information content (AvgIpc) is 2.64. The summed E-state index contributed by atoms with van der Waals surface area (Å²) in [5.41, 5.74) is 10.4. The molecule has 5 heteroatoms. The third-order valence-electron chi connectivity index (χ3n) is 5.24. The molecule has 0 aromatic heterocycles. The van der Waals surface area contributed by atoms with Crippen LogP contribution in [-0.4, -0.2) is 25.7 Å². The van der Waals surface area contributed by atoms with Crippen LogP contribution in [0.2, 0.25) is 0 Å². The van der Waals surface area contributed by atoms with E-state index in [4.69, 9.17) is 10.5 Å². The molecule has 1 heterocycles. The van der Waals surface area contributed by atoms with E-state index in [0.29, 0.717) is 25.7 Å². The SMILES string of the molecule is Cc1ccc(NC(N)=NCC2(c3ccc(F)cc3)CCOCC2)cc1C. The summed E-state index contributed by atoms with van der Waals surface area (Å²) in [6.07, 6.45) is 1.69. The fraction of sp³-hybridized carbons (Fsp3) is 0.381. The monoisotopic (exact) mass is 355 g/mol. The van der Waals surface area contributed by atoms with Crippen molar-refractivity contribution in [2.75, 3.05) is 25.1 Å². The van der Waals surface area contributed by atoms with E-state index in [2.05, 4.69) is 36.3 Å². The quantitative estimate of drug-likeness (QED) is 0.646. The first-order valence-corrected chi connectivity index (χ1v) is 8.96. The molecule has 1 saturated heterocycles. The van der Waals surface area contributed by atoms with Crippen molar-refractivity contribution in [2.45, 2.75) is 32.1 Å². The Balaban J connectivity index is 1.77. The number of nitrogens with one attached hydrogen (secondary N) is 1. The standard InChI is InChI=1S/C21H26FN3O/c1-15-3-8-19(13-16(15)2)25-20(23)24-14-21(9-11-26-12-10-21)17-4-6-18(22)7-5-17/h3-8,13H,9-12,14H2,1-2H3,(H3,23,24,25). The predicted octanol–water partition coefficient (Wildman–Crippen LogP) is 3.92. The predicted molar refractivity (Wildman–Crippen MR) is 104 cm³/mol. The highest BCUT2D eigenvalue weighted by Crippen LogP contribution is 2.35. The maximum absolute atomic E-state index is 13.3. The molecule has 1 aliphatic heterocycles. The largest absolute Gasteiger partial charge is 0.381 e. The molecule has 4 nitrogen and oxygen atoms in total. The normalized spacial score (nSPS) is 17.1. The van der Waals surface area contributed by atoms with E-state index in [1.807, 2.05) is 18.2 Å². The Hall–Kier alpha value is -2.40. The van der Waals surface area contributed by atoms with Crippen LogP contribution < -0.4 is 11.1 Å². The number of hydrogen-bond acceptors (Lipinski definition) is 2. The van der Waals surface area contributed by atoms with Crippen LogP contribution >= 0.6 is 0 Å². The van der Waals surface area contributed by atoms with Gasteiger partial charge in [0.15, 0.2) is 5.96 Å². The van der Waals surface area contributed by atoms with E-state index in [0.717, 1.165) is 24.1 Å². The van der Waals surface area contributed by atoms with Crippen molar-refractivity contribution in [3.05, 3.63) is 65.0 Å². The Bertz CT molecular complexity index is 780. The van der Waals surface area contributed by atoms with Gasteiger partial charge in [0.1, 0.15) is 5.82 Å². The Kier molecular flexibility index (Phi) is 5.57. The number of hydrogen-bond donors (Lipinski definition) is 2. The first-order chi connectivity index (χ1) is 12.5. The van der Waals surface area contributed by atoms with Gasteiger partial charge in [-0.1, -0.05) is 18.2 Å². The lowest BCUT2D eigenvalue weighted by Gasteiger charge is -2.36. The van der Waals surface area contributed by atoms with E-state index in [-0.39, 0.29) is 11.2 Å². The zero-order valence-corrected chi connectivity index (χ0v) is 15.4. The number of rotatable bonds is 4. The van der Waals surface area contributed by atoms with Crippen LogP contribution in [0.1, 0.15) is 29.5 Å². The zero-order valence-electron chi connectivity index (χ0n) is 15.4. The maximum atomic E-state index is 13.3. The molecule has 0 saturated carbocycles. The smallest absolute Gasteiger partial charge is 0.193 e. The van der Waals surface area contributed by atoms with Gasteiger partial charge >= 0.3 is 0 Å². The van der Waals surface area contributed by atoms with Crippen molar-refractivity contribution < 1.29 is 9.13 Å². The summed E-state index contributed by atoms with van der Waals surface area (Å²) in [7, 11) is 0. The molecule has 26 heavy (non-hydrogen) atoms. The summed E-state index contributed by atoms with van der Waals surface area (Å²) in [6, 6.07) is 12.8. The highest BCUT2D eigenvalue weighted by atomic mass is 19.1. The Morgan fingerprint density at radius 2 is 1.81 bits per heavy atom. The molecule has 0 bridgehead atoms. The Morgan fingerprint density at radius 1 is 1.12 bits per heavy atom. The van der Waals surface area contributed by atoms with Crippen LogP contribution in [-0.2, 0) is 10.2 Å². The van der Waals surface area contributed by atoms with Gasteiger partial charge in [-0.15, -0.1) is 0 Å². The third kappa shape index (κ3) is 4.22. The second-order valence-corrected chi connectivity index (χ2v) is 7.03. The fourth-order valence-corrected chi connectivity index (χ4v) is 3.35. The van der Waals surface area contributed by atoms with E-state index in [9.17, 15) is 4.39 Å². The number of nitrogens with two attached hydrogens (primary N) is 1. The molecule has 0 spiro atoms. The van der Waals surface area contributed by atoms with Crippen LogP contribution in [0.25, 0.3) is 0 Å². The molecular weight excluding hydrogens is 329 g/mol. The van der Waals surface area contributed by atoms with Gasteiger partial charge in [-0.2, -0.15) is 0 Å². The van der Waals surface area contributed by atoms with Gasteiger partial charge < -0.3 is 15.8 Å². The van der Waals surface area contributed by atoms with Gasteiger partial charge in [0, 0.05) is 24.3 Å². The van der Waals surface area contributed by atoms with Crippen molar-refractivity contribution in [1.82, 2.24) is 0 Å². The van der Waals surface area contributed by atoms with Gasteiger partial charge in [-0.05, 0) is 67.6 Å². The summed E-state index contributed by atoms with van der Waals surface area (Å²) in [5, 5.41) is 3.16. The highest BCUT2D eigenvalue weighted by Gasteiger charge is 2.34. The number of aryl methyl sites for hydroxylation is 2. The molecule has 3 rings (SSSR count). The summed E-state index contributed by atoms with van der Waals surface area (Å²) in [4.78, 5) is 4.60. The minimum absolute atomic E-state index is 0.165. The van der Waals surface area contributed by atoms with Crippen LogP contribution in [0.3, 0.4) is 0 Å². The minimum atomic E-state index is -0.226. The summed E-state index contributed by atoms with van der Waals surface area (Å²) >= 11 is 0. The van der Waals surface area contributed by atoms with Gasteiger partial charge in [-0.25, -0.2) is 4.39 Å². The molecule has 2 aromatic carbocycles. The number of nitrogens with zero attached hydrogens (tertiary/aromatic N) is 1. The van der Waals surface area contributed by atoms with Gasteiger partial charge in [0.2, 0.25) is 0 Å². The van der Waals surface area contributed by atoms with Crippen LogP contribution in [0.5, 0.6) is 0 Å². The van der Waals surface area contributed by atoms with Gasteiger partial charge in [0.05, 0.1) is 6.54 Å². The van der Waals surface area contributed by atoms with Crippen LogP contribution in [0.4, 0.5) is 10.1 Å². The Morgan fingerprint density at radius 3 is 2.46 bits per heavy atom. The van der Waals surface area contributed by atoms with Crippen molar-refractivity contribution in [3.63, 3.8) is 0 Å². The van der Waals surface area contributed by atoms with E-state index in [1.165, 1.54) is 23.3 Å². The topological polar surface area (TPSA) is 59.6 Å². The Labute approximate surface area is 154 Å². The molecule has 1 fully saturated rings. The van der Waals surface area contributed by atoms with Gasteiger partial charge in [0.25, 0.3) is 0 Å². The number of ether oxygens (including phenoxy) is 1. The molecule has 3 N–H and O–H groups in total. The first-order valence-electron chi connectivity index (χ1n) is 8.96. The lowest BCUT2D eigenvalue weighted by Crippen LogP contribution is -2.38. The van der Waals surface area contributed by atoms with Crippen LogP contribution in [0.15, 0.2) is 47.5 Å². The number of aliphatic imine (C=N–C) groups is 1. The van der Waals surface area contributed by atoms with E-state index >= 15 is 0 Å². The second kappa shape index (κ2) is 7.87. The average molecular weight is 355 g/mol. The van der Waals surface area contributed by atoms with Gasteiger partial charge in [-0.3, -0.25) is 4.99 Å². The molecule has 1 aliphatic rings. The molecule has 138 valence electrons. The second-order valence-electron chi connectivity index (χ2n) is 7.03. The summed E-state index contributed by atoms with van der Waals surface area (Å²) in [5.74, 6) is 0.164. The minimum Gasteiger partial charge on any atom is -0.381 e. The molecule has 0 unspecified atom stereocenters. The molecule has 0 amide bonds. The lowest BCUT2D eigenvalue weighted by molar-refractivity contribution is 0.0531. The number of guanidine groups is 1. The molecule has 0 atom stereocenters. The molecule has 2 aromatic rings. The van der Waals surface area contributed by atoms with Crippen molar-refractivity contribution in [2.24, 2.45) is 10.7 Å². The number of benzene rings is 2. The van der Waals surface area contributed by atoms with Crippen molar-refractivity contribution in [3.8, 4) is 0 Å². The van der Waals surface area contributed by atoms with Crippen LogP contribution in [0, 0.1) is 19.7 Å². The number of halogens is 1. The zero-order chi connectivity index (χ0) is 18.6. The van der Waals surface area contributed by atoms with Crippen molar-refractivity contribution in [1.29, 1.82) is 0 Å². The van der Waals surface area contributed by atoms with E-state index in [1.54, 1.807) is 0 Å². The first kappa shape index (κ1) is 18.4. The molecular formula is C21H26FN3O. The van der Waals surface area contributed by atoms with Crippen molar-refractivity contribution >= 4 is 11.6 Å². The summed E-state index contributed by atoms with van der Waals surface area (Å²) in [6.45, 7) is 6.05. The molecule has 0 radical (unpaired) electrons. The third-order valence-corrected chi connectivity index (χ3v) is 5.24. The fourth-order valence-electron chi connectivity index (χ4n) is 3.35. The lowest BCUT2D eigenvalue weighted by atomic mass is 9.74. The summed E-state index contributed by atoms with van der Waals surface area (Å²) < 4.78 is 18.8.